The molecule has 6 nitrogen and oxygen atoms in total. The van der Waals surface area contributed by atoms with Crippen LogP contribution < -0.4 is 5.73 Å². The van der Waals surface area contributed by atoms with Crippen LogP contribution in [-0.2, 0) is 4.74 Å². The Balaban J connectivity index is 2.05. The van der Waals surface area contributed by atoms with Gasteiger partial charge in [-0.15, -0.1) is 0 Å². The minimum Gasteiger partial charge on any atom is -0.453 e. The molecule has 1 aliphatic heterocycles. The average molecular weight is 281 g/mol. The standard InChI is InChI=1S/C13H16FN3O3/c1-20-13(19)17-6-4-16(5-7-17)12(18)10-8-9(15)2-3-11(10)14/h2-3,8H,4-7,15H2,1H3. The molecule has 0 aromatic heterocycles. The maximum Gasteiger partial charge on any atom is 0.409 e. The number of ether oxygens (including phenoxy) is 1. The van der Waals surface area contributed by atoms with Crippen molar-refractivity contribution in [1.82, 2.24) is 9.80 Å². The molecular weight excluding hydrogens is 265 g/mol. The van der Waals surface area contributed by atoms with Gasteiger partial charge in [-0.05, 0) is 18.2 Å². The van der Waals surface area contributed by atoms with Gasteiger partial charge in [-0.1, -0.05) is 0 Å². The van der Waals surface area contributed by atoms with E-state index >= 15 is 0 Å². The number of carbonyl (C=O) groups is 2. The van der Waals surface area contributed by atoms with Gasteiger partial charge in [0.25, 0.3) is 5.91 Å². The second-order valence-electron chi connectivity index (χ2n) is 4.49. The summed E-state index contributed by atoms with van der Waals surface area (Å²) in [6.45, 7) is 1.40. The summed E-state index contributed by atoms with van der Waals surface area (Å²) >= 11 is 0. The lowest BCUT2D eigenvalue weighted by Gasteiger charge is -2.33. The van der Waals surface area contributed by atoms with Crippen LogP contribution >= 0.6 is 0 Å². The molecule has 1 saturated heterocycles. The Kier molecular flexibility index (Phi) is 4.07. The lowest BCUT2D eigenvalue weighted by molar-refractivity contribution is 0.0595. The molecule has 7 heteroatoms. The molecule has 1 heterocycles. The van der Waals surface area contributed by atoms with E-state index in [0.29, 0.717) is 31.9 Å². The van der Waals surface area contributed by atoms with Crippen molar-refractivity contribution in [3.8, 4) is 0 Å². The molecule has 108 valence electrons. The second-order valence-corrected chi connectivity index (χ2v) is 4.49. The summed E-state index contributed by atoms with van der Waals surface area (Å²) in [5.74, 6) is -1.01. The Bertz CT molecular complexity index is 528. The number of hydrogen-bond acceptors (Lipinski definition) is 4. The number of nitrogen functional groups attached to an aromatic ring is 1. The average Bonchev–Trinajstić information content (AvgIpc) is 2.48. The zero-order valence-electron chi connectivity index (χ0n) is 11.1. The van der Waals surface area contributed by atoms with E-state index in [1.165, 1.54) is 35.1 Å². The quantitative estimate of drug-likeness (QED) is 0.777. The number of methoxy groups -OCH3 is 1. The first-order valence-electron chi connectivity index (χ1n) is 6.20. The van der Waals surface area contributed by atoms with Gasteiger partial charge in [-0.3, -0.25) is 4.79 Å². The fourth-order valence-corrected chi connectivity index (χ4v) is 2.10. The van der Waals surface area contributed by atoms with Crippen LogP contribution in [0.3, 0.4) is 0 Å². The Hall–Kier alpha value is -2.31. The van der Waals surface area contributed by atoms with Crippen molar-refractivity contribution < 1.29 is 18.7 Å². The number of halogens is 1. The molecule has 0 saturated carbocycles. The SMILES string of the molecule is COC(=O)N1CCN(C(=O)c2cc(N)ccc2F)CC1. The first-order chi connectivity index (χ1) is 9.52. The number of hydrogen-bond donors (Lipinski definition) is 1. The number of nitrogens with two attached hydrogens (primary N) is 1. The predicted octanol–water partition coefficient (Wildman–Crippen LogP) is 0.932. The molecule has 1 aliphatic rings. The number of nitrogens with zero attached hydrogens (tertiary/aromatic N) is 2. The van der Waals surface area contributed by atoms with Gasteiger partial charge in [0, 0.05) is 31.9 Å². The lowest BCUT2D eigenvalue weighted by Crippen LogP contribution is -2.50. The van der Waals surface area contributed by atoms with E-state index in [4.69, 9.17) is 5.73 Å². The summed E-state index contributed by atoms with van der Waals surface area (Å²) in [5.41, 5.74) is 5.86. The van der Waals surface area contributed by atoms with Gasteiger partial charge in [0.05, 0.1) is 12.7 Å². The van der Waals surface area contributed by atoms with Crippen LogP contribution in [0.5, 0.6) is 0 Å². The van der Waals surface area contributed by atoms with Crippen LogP contribution in [0.15, 0.2) is 18.2 Å². The van der Waals surface area contributed by atoms with Gasteiger partial charge in [0.15, 0.2) is 0 Å². The van der Waals surface area contributed by atoms with Crippen molar-refractivity contribution in [2.24, 2.45) is 0 Å². The first kappa shape index (κ1) is 14.1. The summed E-state index contributed by atoms with van der Waals surface area (Å²) in [7, 11) is 1.31. The van der Waals surface area contributed by atoms with Crippen LogP contribution in [0.1, 0.15) is 10.4 Å². The summed E-state index contributed by atoms with van der Waals surface area (Å²) in [6, 6.07) is 3.90. The van der Waals surface area contributed by atoms with Gasteiger partial charge >= 0.3 is 6.09 Å². The zero-order chi connectivity index (χ0) is 14.7. The highest BCUT2D eigenvalue weighted by molar-refractivity contribution is 5.95. The maximum atomic E-state index is 13.6. The van der Waals surface area contributed by atoms with Gasteiger partial charge in [-0.2, -0.15) is 0 Å². The summed E-state index contributed by atoms with van der Waals surface area (Å²) in [5, 5.41) is 0. The number of piperazine rings is 1. The molecule has 0 bridgehead atoms. The van der Waals surface area contributed by atoms with Crippen molar-refractivity contribution in [3.63, 3.8) is 0 Å². The predicted molar refractivity (Wildman–Crippen MR) is 70.7 cm³/mol. The van der Waals surface area contributed by atoms with E-state index in [1.807, 2.05) is 0 Å². The normalized spacial score (nSPS) is 15.1. The van der Waals surface area contributed by atoms with Crippen LogP contribution in [0.2, 0.25) is 0 Å². The Morgan fingerprint density at radius 3 is 2.40 bits per heavy atom. The summed E-state index contributed by atoms with van der Waals surface area (Å²) in [4.78, 5) is 26.5. The highest BCUT2D eigenvalue weighted by atomic mass is 19.1. The third kappa shape index (κ3) is 2.81. The zero-order valence-corrected chi connectivity index (χ0v) is 11.1. The van der Waals surface area contributed by atoms with Crippen LogP contribution in [0.25, 0.3) is 0 Å². The fourth-order valence-electron chi connectivity index (χ4n) is 2.10. The summed E-state index contributed by atoms with van der Waals surface area (Å²) < 4.78 is 18.3. The van der Waals surface area contributed by atoms with Crippen molar-refractivity contribution in [3.05, 3.63) is 29.6 Å². The third-order valence-corrected chi connectivity index (χ3v) is 3.22. The Morgan fingerprint density at radius 1 is 1.20 bits per heavy atom. The minimum absolute atomic E-state index is 0.0449. The molecule has 2 amide bonds. The number of anilines is 1. The van der Waals surface area contributed by atoms with Crippen LogP contribution in [-0.4, -0.2) is 55.1 Å². The largest absolute Gasteiger partial charge is 0.453 e. The van der Waals surface area contributed by atoms with Crippen molar-refractivity contribution in [1.29, 1.82) is 0 Å². The number of carbonyl (C=O) groups excluding carboxylic acids is 2. The molecule has 0 aliphatic carbocycles. The third-order valence-electron chi connectivity index (χ3n) is 3.22. The number of benzene rings is 1. The molecule has 0 unspecified atom stereocenters. The molecule has 1 fully saturated rings. The lowest BCUT2D eigenvalue weighted by atomic mass is 10.1. The van der Waals surface area contributed by atoms with E-state index in [1.54, 1.807) is 0 Å². The second kappa shape index (κ2) is 5.77. The molecule has 2 rings (SSSR count). The van der Waals surface area contributed by atoms with E-state index in [2.05, 4.69) is 4.74 Å². The highest BCUT2D eigenvalue weighted by Crippen LogP contribution is 2.16. The van der Waals surface area contributed by atoms with Crippen molar-refractivity contribution >= 4 is 17.7 Å². The summed E-state index contributed by atoms with van der Waals surface area (Å²) in [6.07, 6.45) is -0.424. The Labute approximate surface area is 115 Å². The number of amides is 2. The molecule has 0 spiro atoms. The highest BCUT2D eigenvalue weighted by Gasteiger charge is 2.26. The number of rotatable bonds is 1. The smallest absolute Gasteiger partial charge is 0.409 e. The van der Waals surface area contributed by atoms with E-state index in [9.17, 15) is 14.0 Å². The van der Waals surface area contributed by atoms with Gasteiger partial charge in [0.1, 0.15) is 5.82 Å². The van der Waals surface area contributed by atoms with E-state index < -0.39 is 17.8 Å². The molecule has 0 radical (unpaired) electrons. The van der Waals surface area contributed by atoms with Crippen molar-refractivity contribution in [2.75, 3.05) is 39.0 Å². The van der Waals surface area contributed by atoms with Crippen molar-refractivity contribution in [2.45, 2.75) is 0 Å². The van der Waals surface area contributed by atoms with E-state index in [0.717, 1.165) is 0 Å². The first-order valence-corrected chi connectivity index (χ1v) is 6.20. The molecular formula is C13H16FN3O3. The maximum absolute atomic E-state index is 13.6. The molecule has 1 aromatic carbocycles. The Morgan fingerprint density at radius 2 is 1.80 bits per heavy atom. The molecule has 0 atom stereocenters. The van der Waals surface area contributed by atoms with E-state index in [-0.39, 0.29) is 5.56 Å². The van der Waals surface area contributed by atoms with Crippen LogP contribution in [0.4, 0.5) is 14.9 Å². The monoisotopic (exact) mass is 281 g/mol. The van der Waals surface area contributed by atoms with Gasteiger partial charge in [0.2, 0.25) is 0 Å². The van der Waals surface area contributed by atoms with Gasteiger partial charge < -0.3 is 20.3 Å². The molecule has 2 N–H and O–H groups in total. The molecule has 1 aromatic rings. The van der Waals surface area contributed by atoms with Gasteiger partial charge in [-0.25, -0.2) is 9.18 Å². The minimum atomic E-state index is -0.598. The van der Waals surface area contributed by atoms with Crippen LogP contribution in [0, 0.1) is 5.82 Å². The fraction of sp³-hybridized carbons (Fsp3) is 0.385. The molecule has 20 heavy (non-hydrogen) atoms. The topological polar surface area (TPSA) is 75.9 Å².